The standard InChI is InChI=1S/C22H31N7O4/c1-5-32-17-8-9-18(24-13-17)26-21(30)28(4)16-7-6-12-29(14-16)20-23-11-10-19(25-20)27-22(31)33-15(2)3/h8-11,13,15-16H,5-7,12,14H2,1-4H3,(H,24,26,30)(H,23,25,27,31)/t16-/m1/s1. The monoisotopic (exact) mass is 457 g/mol. The summed E-state index contributed by atoms with van der Waals surface area (Å²) in [5.41, 5.74) is 0. The van der Waals surface area contributed by atoms with Crippen molar-refractivity contribution in [1.82, 2.24) is 19.9 Å². The van der Waals surface area contributed by atoms with E-state index in [-0.39, 0.29) is 18.2 Å². The predicted octanol–water partition coefficient (Wildman–Crippen LogP) is 3.36. The average Bonchev–Trinajstić information content (AvgIpc) is 2.79. The molecule has 0 radical (unpaired) electrons. The van der Waals surface area contributed by atoms with E-state index in [9.17, 15) is 9.59 Å². The molecule has 3 rings (SSSR count). The molecule has 0 unspecified atom stereocenters. The summed E-state index contributed by atoms with van der Waals surface area (Å²) >= 11 is 0. The normalized spacial score (nSPS) is 15.7. The number of pyridine rings is 1. The van der Waals surface area contributed by atoms with Crippen molar-refractivity contribution in [2.24, 2.45) is 0 Å². The molecule has 1 aliphatic heterocycles. The molecule has 0 bridgehead atoms. The average molecular weight is 458 g/mol. The lowest BCUT2D eigenvalue weighted by Crippen LogP contribution is -2.50. The van der Waals surface area contributed by atoms with Crippen LogP contribution in [0.15, 0.2) is 30.6 Å². The first-order valence-electron chi connectivity index (χ1n) is 11.0. The summed E-state index contributed by atoms with van der Waals surface area (Å²) in [6.07, 6.45) is 4.11. The molecule has 11 nitrogen and oxygen atoms in total. The van der Waals surface area contributed by atoms with Crippen molar-refractivity contribution in [3.63, 3.8) is 0 Å². The number of piperidine rings is 1. The Morgan fingerprint density at radius 1 is 1.21 bits per heavy atom. The highest BCUT2D eigenvalue weighted by molar-refractivity contribution is 5.88. The maximum absolute atomic E-state index is 12.8. The van der Waals surface area contributed by atoms with Gasteiger partial charge in [0, 0.05) is 26.3 Å². The molecule has 178 valence electrons. The highest BCUT2D eigenvalue weighted by atomic mass is 16.6. The number of ether oxygens (including phenoxy) is 2. The first kappa shape index (κ1) is 24.0. The third kappa shape index (κ3) is 6.93. The number of hydrogen-bond donors (Lipinski definition) is 2. The van der Waals surface area contributed by atoms with Crippen LogP contribution in [0.4, 0.5) is 27.2 Å². The molecule has 0 aromatic carbocycles. The van der Waals surface area contributed by atoms with Crippen LogP contribution in [-0.2, 0) is 4.74 Å². The number of amides is 3. The maximum Gasteiger partial charge on any atom is 0.413 e. The van der Waals surface area contributed by atoms with E-state index in [1.165, 1.54) is 0 Å². The van der Waals surface area contributed by atoms with Crippen LogP contribution in [-0.4, -0.2) is 70.9 Å². The van der Waals surface area contributed by atoms with Gasteiger partial charge in [0.2, 0.25) is 5.95 Å². The highest BCUT2D eigenvalue weighted by Gasteiger charge is 2.28. The maximum atomic E-state index is 12.8. The van der Waals surface area contributed by atoms with Gasteiger partial charge in [0.1, 0.15) is 17.4 Å². The molecule has 1 saturated heterocycles. The molecule has 2 aromatic heterocycles. The van der Waals surface area contributed by atoms with Crippen molar-refractivity contribution in [1.29, 1.82) is 0 Å². The van der Waals surface area contributed by atoms with Crippen molar-refractivity contribution in [3.8, 4) is 5.75 Å². The minimum absolute atomic E-state index is 0.0347. The predicted molar refractivity (Wildman–Crippen MR) is 125 cm³/mol. The van der Waals surface area contributed by atoms with Gasteiger partial charge in [0.05, 0.1) is 24.9 Å². The lowest BCUT2D eigenvalue weighted by Gasteiger charge is -2.37. The number of carbonyl (C=O) groups excluding carboxylic acids is 2. The molecule has 0 saturated carbocycles. The van der Waals surface area contributed by atoms with Crippen LogP contribution < -0.4 is 20.3 Å². The molecule has 0 aliphatic carbocycles. The Labute approximate surface area is 193 Å². The van der Waals surface area contributed by atoms with E-state index in [1.807, 2.05) is 11.8 Å². The lowest BCUT2D eigenvalue weighted by atomic mass is 10.1. The molecule has 2 N–H and O–H groups in total. The summed E-state index contributed by atoms with van der Waals surface area (Å²) in [5.74, 6) is 1.96. The van der Waals surface area contributed by atoms with Gasteiger partial charge in [0.25, 0.3) is 0 Å². The SMILES string of the molecule is CCOc1ccc(NC(=O)N(C)[C@@H]2CCCN(c3nccc(NC(=O)OC(C)C)n3)C2)nc1. The second-order valence-electron chi connectivity index (χ2n) is 7.92. The van der Waals surface area contributed by atoms with E-state index >= 15 is 0 Å². The number of nitrogens with one attached hydrogen (secondary N) is 2. The van der Waals surface area contributed by atoms with Gasteiger partial charge in [0.15, 0.2) is 0 Å². The number of likely N-dealkylation sites (N-methyl/N-ethyl adjacent to an activating group) is 1. The molecular formula is C22H31N7O4. The van der Waals surface area contributed by atoms with E-state index in [0.29, 0.717) is 36.5 Å². The summed E-state index contributed by atoms with van der Waals surface area (Å²) in [7, 11) is 1.76. The van der Waals surface area contributed by atoms with E-state index in [4.69, 9.17) is 9.47 Å². The quantitative estimate of drug-likeness (QED) is 0.649. The molecule has 3 heterocycles. The molecule has 1 atom stereocenters. The van der Waals surface area contributed by atoms with Crippen LogP contribution in [0.3, 0.4) is 0 Å². The Kier molecular flexibility index (Phi) is 8.22. The van der Waals surface area contributed by atoms with Crippen LogP contribution in [0.5, 0.6) is 5.75 Å². The number of anilines is 3. The van der Waals surface area contributed by atoms with E-state index in [2.05, 4.69) is 25.6 Å². The summed E-state index contributed by atoms with van der Waals surface area (Å²) in [6.45, 7) is 7.33. The zero-order chi connectivity index (χ0) is 23.8. The van der Waals surface area contributed by atoms with Crippen molar-refractivity contribution in [2.45, 2.75) is 45.8 Å². The van der Waals surface area contributed by atoms with Gasteiger partial charge in [-0.25, -0.2) is 19.6 Å². The van der Waals surface area contributed by atoms with Gasteiger partial charge in [-0.15, -0.1) is 0 Å². The van der Waals surface area contributed by atoms with Crippen LogP contribution >= 0.6 is 0 Å². The van der Waals surface area contributed by atoms with Gasteiger partial charge in [-0.2, -0.15) is 4.98 Å². The molecule has 3 amide bonds. The minimum atomic E-state index is -0.564. The van der Waals surface area contributed by atoms with Crippen LogP contribution in [0.25, 0.3) is 0 Å². The van der Waals surface area contributed by atoms with Crippen molar-refractivity contribution >= 4 is 29.7 Å². The van der Waals surface area contributed by atoms with Gasteiger partial charge in [-0.05, 0) is 51.8 Å². The molecular weight excluding hydrogens is 426 g/mol. The largest absolute Gasteiger partial charge is 0.492 e. The Bertz CT molecular complexity index is 939. The van der Waals surface area contributed by atoms with E-state index in [0.717, 1.165) is 19.4 Å². The van der Waals surface area contributed by atoms with Gasteiger partial charge in [-0.3, -0.25) is 10.6 Å². The van der Waals surface area contributed by atoms with E-state index < -0.39 is 6.09 Å². The van der Waals surface area contributed by atoms with Crippen LogP contribution in [0, 0.1) is 0 Å². The number of rotatable bonds is 7. The fourth-order valence-corrected chi connectivity index (χ4v) is 3.44. The second kappa shape index (κ2) is 11.3. The molecule has 1 fully saturated rings. The third-order valence-corrected chi connectivity index (χ3v) is 5.05. The van der Waals surface area contributed by atoms with Crippen molar-refractivity contribution < 1.29 is 19.1 Å². The van der Waals surface area contributed by atoms with Gasteiger partial charge < -0.3 is 19.3 Å². The molecule has 2 aromatic rings. The zero-order valence-electron chi connectivity index (χ0n) is 19.4. The summed E-state index contributed by atoms with van der Waals surface area (Å²) in [6, 6.07) is 4.80. The Morgan fingerprint density at radius 2 is 2.03 bits per heavy atom. The first-order valence-corrected chi connectivity index (χ1v) is 11.0. The van der Waals surface area contributed by atoms with Crippen LogP contribution in [0.2, 0.25) is 0 Å². The van der Waals surface area contributed by atoms with Gasteiger partial charge >= 0.3 is 12.1 Å². The Hall–Kier alpha value is -3.63. The zero-order valence-corrected chi connectivity index (χ0v) is 19.4. The number of aromatic nitrogens is 3. The topological polar surface area (TPSA) is 122 Å². The highest BCUT2D eigenvalue weighted by Crippen LogP contribution is 2.21. The summed E-state index contributed by atoms with van der Waals surface area (Å²) < 4.78 is 10.5. The molecule has 1 aliphatic rings. The Morgan fingerprint density at radius 3 is 2.73 bits per heavy atom. The number of nitrogens with zero attached hydrogens (tertiary/aromatic N) is 5. The molecule has 0 spiro atoms. The fourth-order valence-electron chi connectivity index (χ4n) is 3.44. The summed E-state index contributed by atoms with van der Waals surface area (Å²) in [5, 5.41) is 5.43. The smallest absolute Gasteiger partial charge is 0.413 e. The summed E-state index contributed by atoms with van der Waals surface area (Å²) in [4.78, 5) is 41.3. The number of urea groups is 1. The van der Waals surface area contributed by atoms with Crippen molar-refractivity contribution in [2.75, 3.05) is 42.3 Å². The fraction of sp³-hybridized carbons (Fsp3) is 0.500. The molecule has 33 heavy (non-hydrogen) atoms. The van der Waals surface area contributed by atoms with E-state index in [1.54, 1.807) is 56.4 Å². The minimum Gasteiger partial charge on any atom is -0.492 e. The first-order chi connectivity index (χ1) is 15.9. The second-order valence-corrected chi connectivity index (χ2v) is 7.92. The number of hydrogen-bond acceptors (Lipinski definition) is 8. The third-order valence-electron chi connectivity index (χ3n) is 5.05. The van der Waals surface area contributed by atoms with Crippen LogP contribution in [0.1, 0.15) is 33.6 Å². The van der Waals surface area contributed by atoms with Crippen molar-refractivity contribution in [3.05, 3.63) is 30.6 Å². The van der Waals surface area contributed by atoms with Gasteiger partial charge in [-0.1, -0.05) is 0 Å². The lowest BCUT2D eigenvalue weighted by molar-refractivity contribution is 0.130. The number of carbonyl (C=O) groups is 2. The Balaban J connectivity index is 1.59. The molecule has 11 heteroatoms.